The average Bonchev–Trinajstić information content (AvgIpc) is 3.23. The first-order chi connectivity index (χ1) is 28.6. The van der Waals surface area contributed by atoms with Crippen molar-refractivity contribution in [2.45, 2.75) is 204 Å². The van der Waals surface area contributed by atoms with E-state index in [9.17, 15) is 24.2 Å². The van der Waals surface area contributed by atoms with E-state index in [1.54, 1.807) is 0 Å². The SMILES string of the molecule is CC1CCC(OOSOC2CCC(C(=O)NC3CCC(OC4CCC(NOCC5CCC(OS(=O)OC6CCC(C)CC6)CC5COO)CC4)CC3)C(C(=O)O)C2)CC1. The van der Waals surface area contributed by atoms with Gasteiger partial charge in [-0.25, -0.2) is 9.78 Å². The maximum atomic E-state index is 13.3. The van der Waals surface area contributed by atoms with Crippen LogP contribution in [0.5, 0.6) is 0 Å². The molecule has 6 aliphatic rings. The van der Waals surface area contributed by atoms with Crippen LogP contribution >= 0.6 is 12.3 Å². The molecule has 7 unspecified atom stereocenters. The van der Waals surface area contributed by atoms with E-state index < -0.39 is 29.2 Å². The molecule has 0 aliphatic heterocycles. The molecule has 0 aromatic carbocycles. The lowest BCUT2D eigenvalue weighted by atomic mass is 9.77. The number of hydroxylamine groups is 1. The van der Waals surface area contributed by atoms with Gasteiger partial charge in [0.2, 0.25) is 5.91 Å². The van der Waals surface area contributed by atoms with Gasteiger partial charge in [0.1, 0.15) is 0 Å². The van der Waals surface area contributed by atoms with Crippen LogP contribution < -0.4 is 10.8 Å². The number of amides is 1. The van der Waals surface area contributed by atoms with Gasteiger partial charge in [0.15, 0.2) is 12.3 Å². The zero-order valence-corrected chi connectivity index (χ0v) is 36.9. The molecule has 6 aliphatic carbocycles. The number of hydrogen-bond acceptors (Lipinski definition) is 14. The minimum Gasteiger partial charge on any atom is -0.481 e. The standard InChI is InChI=1S/C42H72N2O13S2/c1-27-3-12-35(13-4-27)53-57-58-54-37-21-22-39(40(24-37)42(46)47)41(45)43-31-8-17-33(18-9-31)52-34-19-10-32(11-20-34)44-50-25-29-7-16-38(23-30(29)26-51-48)56-59(49)55-36-14-5-28(2)6-15-36/h27-40,44,48H,3-26H2,1-2H3,(H,43,45)(H,46,47). The molecule has 340 valence electrons. The summed E-state index contributed by atoms with van der Waals surface area (Å²) >= 11 is -1.01. The van der Waals surface area contributed by atoms with Crippen LogP contribution in [0.2, 0.25) is 0 Å². The smallest absolute Gasteiger partial charge is 0.307 e. The molecular formula is C42H72N2O13S2. The van der Waals surface area contributed by atoms with Crippen molar-refractivity contribution in [2.75, 3.05) is 13.2 Å². The Kier molecular flexibility index (Phi) is 19.9. The lowest BCUT2D eigenvalue weighted by Gasteiger charge is -2.37. The monoisotopic (exact) mass is 876 g/mol. The highest BCUT2D eigenvalue weighted by Gasteiger charge is 2.41. The number of nitrogens with one attached hydrogen (secondary N) is 2. The number of carboxylic acid groups (broad SMARTS) is 1. The van der Waals surface area contributed by atoms with E-state index >= 15 is 0 Å². The van der Waals surface area contributed by atoms with Crippen molar-refractivity contribution in [1.29, 1.82) is 0 Å². The fourth-order valence-corrected chi connectivity index (χ4v) is 11.6. The van der Waals surface area contributed by atoms with Crippen LogP contribution in [0.1, 0.15) is 155 Å². The normalized spacial score (nSPS) is 39.0. The minimum atomic E-state index is -1.78. The molecule has 0 radical (unpaired) electrons. The summed E-state index contributed by atoms with van der Waals surface area (Å²) in [5.74, 6) is -0.934. The molecule has 0 aromatic rings. The van der Waals surface area contributed by atoms with Crippen molar-refractivity contribution >= 4 is 35.6 Å². The van der Waals surface area contributed by atoms with Crippen LogP contribution in [0.25, 0.3) is 0 Å². The molecule has 59 heavy (non-hydrogen) atoms. The maximum absolute atomic E-state index is 13.3. The molecule has 15 nitrogen and oxygen atoms in total. The Morgan fingerprint density at radius 1 is 0.627 bits per heavy atom. The fourth-order valence-electron chi connectivity index (χ4n) is 10.2. The largest absolute Gasteiger partial charge is 0.481 e. The van der Waals surface area contributed by atoms with Crippen LogP contribution in [0.3, 0.4) is 0 Å². The van der Waals surface area contributed by atoms with Crippen molar-refractivity contribution in [3.63, 3.8) is 0 Å². The van der Waals surface area contributed by atoms with Crippen molar-refractivity contribution in [2.24, 2.45) is 35.5 Å². The number of ether oxygens (including phenoxy) is 1. The van der Waals surface area contributed by atoms with Gasteiger partial charge in [-0.2, -0.15) is 9.69 Å². The highest BCUT2D eigenvalue weighted by Crippen LogP contribution is 2.37. The molecule has 4 N–H and O–H groups in total. The first-order valence-electron chi connectivity index (χ1n) is 22.9. The second kappa shape index (κ2) is 24.8. The lowest BCUT2D eigenvalue weighted by Crippen LogP contribution is -2.47. The molecule has 6 fully saturated rings. The number of hydrogen-bond donors (Lipinski definition) is 4. The maximum Gasteiger partial charge on any atom is 0.307 e. The Bertz CT molecular complexity index is 1270. The fraction of sp³-hybridized carbons (Fsp3) is 0.952. The van der Waals surface area contributed by atoms with E-state index in [4.69, 9.17) is 31.3 Å². The van der Waals surface area contributed by atoms with E-state index in [1.165, 1.54) is 0 Å². The van der Waals surface area contributed by atoms with Gasteiger partial charge in [-0.3, -0.25) is 27.4 Å². The summed E-state index contributed by atoms with van der Waals surface area (Å²) in [5.41, 5.74) is 3.28. The van der Waals surface area contributed by atoms with Gasteiger partial charge >= 0.3 is 17.3 Å². The minimum absolute atomic E-state index is 0.00920. The second-order valence-electron chi connectivity index (χ2n) is 18.7. The van der Waals surface area contributed by atoms with Gasteiger partial charge < -0.3 is 20.0 Å². The summed E-state index contributed by atoms with van der Waals surface area (Å²) in [6.07, 6.45) is 18.7. The molecule has 17 heteroatoms. The van der Waals surface area contributed by atoms with Gasteiger partial charge in [0.05, 0.1) is 61.7 Å². The van der Waals surface area contributed by atoms with E-state index in [0.717, 1.165) is 128 Å². The molecule has 0 saturated heterocycles. The molecular weight excluding hydrogens is 805 g/mol. The summed E-state index contributed by atoms with van der Waals surface area (Å²) in [6, 6.07) is 0.259. The molecule has 0 spiro atoms. The van der Waals surface area contributed by atoms with Gasteiger partial charge in [-0.1, -0.05) is 13.8 Å². The number of carboxylic acids is 1. The van der Waals surface area contributed by atoms with Crippen LogP contribution in [-0.4, -0.2) is 88.4 Å². The average molecular weight is 877 g/mol. The van der Waals surface area contributed by atoms with E-state index in [0.29, 0.717) is 37.7 Å². The predicted molar refractivity (Wildman–Crippen MR) is 220 cm³/mol. The summed E-state index contributed by atoms with van der Waals surface area (Å²) in [7, 11) is 0. The molecule has 0 aromatic heterocycles. The Morgan fingerprint density at radius 2 is 1.20 bits per heavy atom. The zero-order chi connectivity index (χ0) is 41.6. The number of aliphatic carboxylic acids is 1. The van der Waals surface area contributed by atoms with Gasteiger partial charge in [-0.15, -0.1) is 4.33 Å². The first-order valence-corrected chi connectivity index (χ1v) is 24.5. The summed E-state index contributed by atoms with van der Waals surface area (Å²) in [5, 5.41) is 22.4. The van der Waals surface area contributed by atoms with Crippen LogP contribution in [0.4, 0.5) is 0 Å². The van der Waals surface area contributed by atoms with Gasteiger partial charge in [0, 0.05) is 12.1 Å². The van der Waals surface area contributed by atoms with Crippen molar-refractivity contribution in [3.05, 3.63) is 0 Å². The number of rotatable bonds is 20. The highest BCUT2D eigenvalue weighted by atomic mass is 32.2. The van der Waals surface area contributed by atoms with Gasteiger partial charge in [0.25, 0.3) is 0 Å². The lowest BCUT2D eigenvalue weighted by molar-refractivity contribution is -0.258. The summed E-state index contributed by atoms with van der Waals surface area (Å²) in [6.45, 7) is 5.15. The van der Waals surface area contributed by atoms with Crippen molar-refractivity contribution < 1.29 is 60.4 Å². The highest BCUT2D eigenvalue weighted by molar-refractivity contribution is 7.89. The Hall–Kier alpha value is -0.960. The van der Waals surface area contributed by atoms with Crippen molar-refractivity contribution in [1.82, 2.24) is 10.8 Å². The Balaban J connectivity index is 0.806. The topological polar surface area (TPSA) is 190 Å². The molecule has 1 amide bonds. The quantitative estimate of drug-likeness (QED) is 0.0403. The molecule has 0 bridgehead atoms. The summed E-state index contributed by atoms with van der Waals surface area (Å²) < 4.78 is 41.6. The first kappa shape index (κ1) is 47.5. The van der Waals surface area contributed by atoms with Crippen LogP contribution in [0.15, 0.2) is 0 Å². The second-order valence-corrected chi connectivity index (χ2v) is 20.0. The molecule has 6 rings (SSSR count). The van der Waals surface area contributed by atoms with E-state index in [2.05, 4.69) is 29.5 Å². The Labute approximate surface area is 358 Å². The third-order valence-electron chi connectivity index (χ3n) is 14.2. The van der Waals surface area contributed by atoms with Gasteiger partial charge in [-0.05, 0) is 165 Å². The van der Waals surface area contributed by atoms with Crippen molar-refractivity contribution in [3.8, 4) is 0 Å². The molecule has 6 saturated carbocycles. The number of carbonyl (C=O) groups excluding carboxylic acids is 1. The third kappa shape index (κ3) is 15.7. The molecule has 7 atom stereocenters. The predicted octanol–water partition coefficient (Wildman–Crippen LogP) is 7.70. The zero-order valence-electron chi connectivity index (χ0n) is 35.3. The summed E-state index contributed by atoms with van der Waals surface area (Å²) in [4.78, 5) is 41.6. The van der Waals surface area contributed by atoms with Crippen LogP contribution in [-0.2, 0) is 57.2 Å². The van der Waals surface area contributed by atoms with Crippen LogP contribution in [0, 0.1) is 35.5 Å². The number of carbonyl (C=O) groups is 2. The van der Waals surface area contributed by atoms with E-state index in [-0.39, 0.29) is 79.5 Å². The van der Waals surface area contributed by atoms with E-state index in [1.807, 2.05) is 0 Å². The third-order valence-corrected chi connectivity index (χ3v) is 15.5. The Morgan fingerprint density at radius 3 is 1.85 bits per heavy atom. The molecule has 0 heterocycles.